The lowest BCUT2D eigenvalue weighted by atomic mass is 9.97. The number of aryl methyl sites for hydroxylation is 1. The molecule has 2 fully saturated rings. The second-order valence-corrected chi connectivity index (χ2v) is 10.1. The fourth-order valence-corrected chi connectivity index (χ4v) is 6.40. The Morgan fingerprint density at radius 3 is 2.79 bits per heavy atom. The van der Waals surface area contributed by atoms with Crippen molar-refractivity contribution in [2.45, 2.75) is 36.9 Å². The number of carbonyl (C=O) groups is 1. The Morgan fingerprint density at radius 1 is 1.33 bits per heavy atom. The van der Waals surface area contributed by atoms with Gasteiger partial charge in [-0.25, -0.2) is 8.42 Å². The SMILES string of the molecule is Cc1ccc(S(=O)(=O)N2CCCC(C(=O)N3CCNC[C@@H]3C)C2)s1. The van der Waals surface area contributed by atoms with E-state index in [1.165, 1.54) is 15.6 Å². The molecule has 24 heavy (non-hydrogen) atoms. The summed E-state index contributed by atoms with van der Waals surface area (Å²) < 4.78 is 27.5. The number of thiophene rings is 1. The van der Waals surface area contributed by atoms with E-state index in [1.807, 2.05) is 24.8 Å². The van der Waals surface area contributed by atoms with E-state index in [1.54, 1.807) is 6.07 Å². The highest BCUT2D eigenvalue weighted by molar-refractivity contribution is 7.91. The van der Waals surface area contributed by atoms with Crippen molar-refractivity contribution in [3.8, 4) is 0 Å². The lowest BCUT2D eigenvalue weighted by molar-refractivity contribution is -0.139. The highest BCUT2D eigenvalue weighted by Crippen LogP contribution is 2.29. The second kappa shape index (κ2) is 7.11. The second-order valence-electron chi connectivity index (χ2n) is 6.65. The first kappa shape index (κ1) is 17.8. The van der Waals surface area contributed by atoms with E-state index in [2.05, 4.69) is 5.32 Å². The summed E-state index contributed by atoms with van der Waals surface area (Å²) >= 11 is 1.29. The molecule has 0 bridgehead atoms. The summed E-state index contributed by atoms with van der Waals surface area (Å²) in [6, 6.07) is 3.66. The summed E-state index contributed by atoms with van der Waals surface area (Å²) in [6.45, 7) is 7.05. The predicted octanol–water partition coefficient (Wildman–Crippen LogP) is 1.28. The van der Waals surface area contributed by atoms with Gasteiger partial charge in [0.25, 0.3) is 10.0 Å². The van der Waals surface area contributed by atoms with E-state index in [9.17, 15) is 13.2 Å². The van der Waals surface area contributed by atoms with E-state index >= 15 is 0 Å². The van der Waals surface area contributed by atoms with E-state index in [0.29, 0.717) is 23.8 Å². The molecule has 2 atom stereocenters. The maximum atomic E-state index is 12.9. The van der Waals surface area contributed by atoms with Gasteiger partial charge in [0.15, 0.2) is 0 Å². The molecule has 1 N–H and O–H groups in total. The van der Waals surface area contributed by atoms with Gasteiger partial charge in [0.05, 0.1) is 5.92 Å². The molecular formula is C16H25N3O3S2. The van der Waals surface area contributed by atoms with Crippen LogP contribution in [0.3, 0.4) is 0 Å². The van der Waals surface area contributed by atoms with Crippen LogP contribution in [0.5, 0.6) is 0 Å². The van der Waals surface area contributed by atoms with Crippen molar-refractivity contribution in [3.63, 3.8) is 0 Å². The standard InChI is InChI=1S/C16H25N3O3S2/c1-12-10-17-7-9-19(12)16(20)14-4-3-8-18(11-14)24(21,22)15-6-5-13(2)23-15/h5-6,12,14,17H,3-4,7-11H2,1-2H3/t12-,14?/m0/s1. The minimum atomic E-state index is -3.48. The monoisotopic (exact) mass is 371 g/mol. The molecule has 3 heterocycles. The van der Waals surface area contributed by atoms with Gasteiger partial charge < -0.3 is 10.2 Å². The molecule has 0 aromatic carbocycles. The normalized spacial score (nSPS) is 26.5. The quantitative estimate of drug-likeness (QED) is 0.869. The Kier molecular flexibility index (Phi) is 5.29. The number of sulfonamides is 1. The van der Waals surface area contributed by atoms with Crippen LogP contribution in [0.15, 0.2) is 16.3 Å². The van der Waals surface area contributed by atoms with E-state index in [0.717, 1.165) is 30.8 Å². The number of hydrogen-bond donors (Lipinski definition) is 1. The fraction of sp³-hybridized carbons (Fsp3) is 0.688. The van der Waals surface area contributed by atoms with Crippen LogP contribution in [-0.4, -0.2) is 62.3 Å². The van der Waals surface area contributed by atoms with Crippen LogP contribution in [0.2, 0.25) is 0 Å². The number of amides is 1. The molecule has 2 saturated heterocycles. The molecule has 0 saturated carbocycles. The van der Waals surface area contributed by atoms with Gasteiger partial charge >= 0.3 is 0 Å². The third kappa shape index (κ3) is 3.51. The zero-order valence-electron chi connectivity index (χ0n) is 14.2. The van der Waals surface area contributed by atoms with Crippen molar-refractivity contribution in [2.24, 2.45) is 5.92 Å². The van der Waals surface area contributed by atoms with Crippen LogP contribution in [0.25, 0.3) is 0 Å². The highest BCUT2D eigenvalue weighted by atomic mass is 32.2. The van der Waals surface area contributed by atoms with E-state index in [4.69, 9.17) is 0 Å². The number of nitrogens with one attached hydrogen (secondary N) is 1. The smallest absolute Gasteiger partial charge is 0.252 e. The molecule has 8 heteroatoms. The zero-order valence-corrected chi connectivity index (χ0v) is 15.8. The van der Waals surface area contributed by atoms with Crippen molar-refractivity contribution in [2.75, 3.05) is 32.7 Å². The van der Waals surface area contributed by atoms with Gasteiger partial charge in [-0.05, 0) is 38.8 Å². The number of piperidine rings is 1. The minimum absolute atomic E-state index is 0.103. The lowest BCUT2D eigenvalue weighted by Crippen LogP contribution is -2.55. The molecule has 1 aromatic heterocycles. The molecule has 0 radical (unpaired) electrons. The molecule has 1 unspecified atom stereocenters. The fourth-order valence-electron chi connectivity index (χ4n) is 3.44. The summed E-state index contributed by atoms with van der Waals surface area (Å²) in [5, 5.41) is 3.28. The van der Waals surface area contributed by atoms with Crippen molar-refractivity contribution in [1.82, 2.24) is 14.5 Å². The number of carbonyl (C=O) groups excluding carboxylic acids is 1. The van der Waals surface area contributed by atoms with Crippen molar-refractivity contribution in [1.29, 1.82) is 0 Å². The van der Waals surface area contributed by atoms with Gasteiger partial charge in [0, 0.05) is 43.6 Å². The third-order valence-electron chi connectivity index (χ3n) is 4.83. The molecule has 2 aliphatic heterocycles. The highest BCUT2D eigenvalue weighted by Gasteiger charge is 2.37. The summed E-state index contributed by atoms with van der Waals surface area (Å²) in [5.74, 6) is -0.124. The number of rotatable bonds is 3. The molecule has 134 valence electrons. The first-order valence-corrected chi connectivity index (χ1v) is 10.7. The van der Waals surface area contributed by atoms with Crippen molar-refractivity contribution in [3.05, 3.63) is 17.0 Å². The Hall–Kier alpha value is -0.960. The number of nitrogens with zero attached hydrogens (tertiary/aromatic N) is 2. The molecule has 2 aliphatic rings. The summed E-state index contributed by atoms with van der Waals surface area (Å²) in [6.07, 6.45) is 1.51. The minimum Gasteiger partial charge on any atom is -0.337 e. The summed E-state index contributed by atoms with van der Waals surface area (Å²) in [7, 11) is -3.48. The molecule has 0 aliphatic carbocycles. The molecule has 1 amide bonds. The van der Waals surface area contributed by atoms with E-state index < -0.39 is 10.0 Å². The zero-order chi connectivity index (χ0) is 17.3. The predicted molar refractivity (Wildman–Crippen MR) is 94.6 cm³/mol. The van der Waals surface area contributed by atoms with Crippen LogP contribution in [0.1, 0.15) is 24.6 Å². The van der Waals surface area contributed by atoms with Gasteiger partial charge in [-0.2, -0.15) is 4.31 Å². The van der Waals surface area contributed by atoms with Gasteiger partial charge in [-0.3, -0.25) is 4.79 Å². The Balaban J connectivity index is 1.73. The maximum absolute atomic E-state index is 12.9. The Labute approximate surface area is 147 Å². The molecule has 1 aromatic rings. The van der Waals surface area contributed by atoms with Crippen LogP contribution in [0.4, 0.5) is 0 Å². The Bertz CT molecular complexity index is 701. The van der Waals surface area contributed by atoms with E-state index in [-0.39, 0.29) is 17.9 Å². The Morgan fingerprint density at radius 2 is 2.12 bits per heavy atom. The average Bonchev–Trinajstić information content (AvgIpc) is 3.02. The van der Waals surface area contributed by atoms with Crippen LogP contribution < -0.4 is 5.32 Å². The molecule has 6 nitrogen and oxygen atoms in total. The largest absolute Gasteiger partial charge is 0.337 e. The van der Waals surface area contributed by atoms with Gasteiger partial charge in [-0.1, -0.05) is 0 Å². The molecule has 3 rings (SSSR count). The van der Waals surface area contributed by atoms with Crippen LogP contribution in [0, 0.1) is 12.8 Å². The third-order valence-corrected chi connectivity index (χ3v) is 8.16. The lowest BCUT2D eigenvalue weighted by Gasteiger charge is -2.39. The van der Waals surface area contributed by atoms with Gasteiger partial charge in [-0.15, -0.1) is 11.3 Å². The number of piperazine rings is 1. The van der Waals surface area contributed by atoms with Crippen molar-refractivity contribution < 1.29 is 13.2 Å². The topological polar surface area (TPSA) is 69.7 Å². The molecular weight excluding hydrogens is 346 g/mol. The molecule has 0 spiro atoms. The summed E-state index contributed by atoms with van der Waals surface area (Å²) in [5.41, 5.74) is 0. The average molecular weight is 372 g/mol. The first-order chi connectivity index (χ1) is 11.4. The van der Waals surface area contributed by atoms with Crippen LogP contribution in [-0.2, 0) is 14.8 Å². The van der Waals surface area contributed by atoms with Crippen molar-refractivity contribution >= 4 is 27.3 Å². The van der Waals surface area contributed by atoms with Gasteiger partial charge in [0.2, 0.25) is 5.91 Å². The van der Waals surface area contributed by atoms with Gasteiger partial charge in [0.1, 0.15) is 4.21 Å². The first-order valence-electron chi connectivity index (χ1n) is 8.47. The summed E-state index contributed by atoms with van der Waals surface area (Å²) in [4.78, 5) is 15.7. The number of hydrogen-bond acceptors (Lipinski definition) is 5. The maximum Gasteiger partial charge on any atom is 0.252 e. The van der Waals surface area contributed by atoms with Crippen LogP contribution >= 0.6 is 11.3 Å².